The first-order valence-corrected chi connectivity index (χ1v) is 19.0. The Morgan fingerprint density at radius 3 is 1.86 bits per heavy atom. The van der Waals surface area contributed by atoms with Crippen LogP contribution in [0.4, 0.5) is 0 Å². The van der Waals surface area contributed by atoms with E-state index < -0.39 is 0 Å². The zero-order valence-electron chi connectivity index (χ0n) is 27.5. The topological polar surface area (TPSA) is 4.93 Å². The van der Waals surface area contributed by atoms with Crippen LogP contribution in [0.25, 0.3) is 101 Å². The monoisotopic (exact) mass is 683 g/mol. The van der Waals surface area contributed by atoms with Crippen LogP contribution in [0.3, 0.4) is 0 Å². The molecular formula is C48H29NS2. The van der Waals surface area contributed by atoms with Gasteiger partial charge in [0, 0.05) is 46.4 Å². The van der Waals surface area contributed by atoms with Crippen LogP contribution in [0.2, 0.25) is 0 Å². The number of nitrogens with zero attached hydrogens (tertiary/aromatic N) is 1. The number of fused-ring (bicyclic) bond motifs is 9. The Labute approximate surface area is 302 Å². The molecule has 0 atom stereocenters. The molecule has 0 fully saturated rings. The third kappa shape index (κ3) is 4.39. The zero-order chi connectivity index (χ0) is 33.5. The predicted octanol–water partition coefficient (Wildman–Crippen LogP) is 14.5. The summed E-state index contributed by atoms with van der Waals surface area (Å²) in [4.78, 5) is 0. The van der Waals surface area contributed by atoms with Crippen molar-refractivity contribution in [2.24, 2.45) is 0 Å². The molecule has 0 aliphatic heterocycles. The lowest BCUT2D eigenvalue weighted by Crippen LogP contribution is -1.93. The van der Waals surface area contributed by atoms with Crippen LogP contribution in [-0.2, 0) is 0 Å². The van der Waals surface area contributed by atoms with Gasteiger partial charge in [-0.05, 0) is 69.8 Å². The highest BCUT2D eigenvalue weighted by Gasteiger charge is 2.21. The molecular weight excluding hydrogens is 655 g/mol. The molecule has 238 valence electrons. The predicted molar refractivity (Wildman–Crippen MR) is 223 cm³/mol. The first-order chi connectivity index (χ1) is 25.3. The summed E-state index contributed by atoms with van der Waals surface area (Å²) in [6, 6.07) is 64.7. The van der Waals surface area contributed by atoms with Gasteiger partial charge in [0.2, 0.25) is 0 Å². The van der Waals surface area contributed by atoms with Crippen LogP contribution in [0.5, 0.6) is 0 Å². The van der Waals surface area contributed by atoms with Crippen LogP contribution >= 0.6 is 22.7 Å². The minimum absolute atomic E-state index is 1.22. The van der Waals surface area contributed by atoms with E-state index in [0.717, 1.165) is 0 Å². The molecule has 3 heterocycles. The van der Waals surface area contributed by atoms with Crippen molar-refractivity contribution in [1.29, 1.82) is 0 Å². The molecule has 0 spiro atoms. The van der Waals surface area contributed by atoms with E-state index in [4.69, 9.17) is 0 Å². The summed E-state index contributed by atoms with van der Waals surface area (Å²) in [6.07, 6.45) is 0. The largest absolute Gasteiger partial charge is 0.308 e. The van der Waals surface area contributed by atoms with E-state index in [1.54, 1.807) is 0 Å². The fourth-order valence-corrected chi connectivity index (χ4v) is 10.6. The average molecular weight is 684 g/mol. The molecule has 3 heteroatoms. The summed E-state index contributed by atoms with van der Waals surface area (Å²) in [5, 5.41) is 7.82. The number of aromatic nitrogens is 1. The van der Waals surface area contributed by atoms with Crippen molar-refractivity contribution in [3.63, 3.8) is 0 Å². The highest BCUT2D eigenvalue weighted by Crippen LogP contribution is 2.48. The van der Waals surface area contributed by atoms with Crippen LogP contribution in [0.15, 0.2) is 176 Å². The number of thiophene rings is 2. The number of rotatable bonds is 4. The van der Waals surface area contributed by atoms with Gasteiger partial charge in [0.1, 0.15) is 0 Å². The molecule has 1 nitrogen and oxygen atoms in total. The van der Waals surface area contributed by atoms with E-state index in [1.807, 2.05) is 22.7 Å². The molecule has 0 bridgehead atoms. The van der Waals surface area contributed by atoms with Gasteiger partial charge in [0.05, 0.1) is 21.4 Å². The molecule has 11 aromatic rings. The third-order valence-electron chi connectivity index (χ3n) is 10.4. The maximum atomic E-state index is 2.49. The van der Waals surface area contributed by atoms with E-state index in [-0.39, 0.29) is 0 Å². The number of para-hydroxylation sites is 1. The van der Waals surface area contributed by atoms with E-state index >= 15 is 0 Å². The van der Waals surface area contributed by atoms with E-state index in [1.165, 1.54) is 101 Å². The second-order valence-electron chi connectivity index (χ2n) is 13.2. The van der Waals surface area contributed by atoms with Gasteiger partial charge in [-0.2, -0.15) is 0 Å². The molecule has 3 aromatic heterocycles. The number of hydrogen-bond acceptors (Lipinski definition) is 2. The van der Waals surface area contributed by atoms with Crippen LogP contribution in [0.1, 0.15) is 0 Å². The number of benzene rings is 8. The van der Waals surface area contributed by atoms with Crippen molar-refractivity contribution in [3.8, 4) is 39.1 Å². The molecule has 0 amide bonds. The van der Waals surface area contributed by atoms with Crippen molar-refractivity contribution in [2.75, 3.05) is 0 Å². The van der Waals surface area contributed by atoms with Gasteiger partial charge in [-0.15, -0.1) is 22.7 Å². The minimum Gasteiger partial charge on any atom is -0.308 e. The lowest BCUT2D eigenvalue weighted by molar-refractivity contribution is 1.20. The molecule has 0 saturated heterocycles. The van der Waals surface area contributed by atoms with Crippen LogP contribution < -0.4 is 0 Å². The summed E-state index contributed by atoms with van der Waals surface area (Å²) >= 11 is 3.81. The van der Waals surface area contributed by atoms with Gasteiger partial charge < -0.3 is 4.57 Å². The first-order valence-electron chi connectivity index (χ1n) is 17.3. The third-order valence-corrected chi connectivity index (χ3v) is 12.8. The molecule has 0 unspecified atom stereocenters. The first kappa shape index (κ1) is 28.8. The molecule has 0 saturated carbocycles. The van der Waals surface area contributed by atoms with Crippen molar-refractivity contribution in [1.82, 2.24) is 4.57 Å². The minimum atomic E-state index is 1.22. The normalized spacial score (nSPS) is 11.9. The summed E-state index contributed by atoms with van der Waals surface area (Å²) < 4.78 is 7.78. The van der Waals surface area contributed by atoms with Gasteiger partial charge in [-0.3, -0.25) is 0 Å². The Balaban J connectivity index is 1.20. The second-order valence-corrected chi connectivity index (χ2v) is 15.4. The van der Waals surface area contributed by atoms with E-state index in [9.17, 15) is 0 Å². The SMILES string of the molecule is c1ccc(-c2ccc3c(c2)c2ccccc2n3-c2cccc3c2sc2c(-c4ccccc4)ccc(-c4ccc5c(c4)sc4ccccc45)c23)cc1. The number of hydrogen-bond donors (Lipinski definition) is 0. The highest BCUT2D eigenvalue weighted by atomic mass is 32.1. The van der Waals surface area contributed by atoms with Gasteiger partial charge in [-0.1, -0.05) is 140 Å². The summed E-state index contributed by atoms with van der Waals surface area (Å²) in [7, 11) is 0. The molecule has 0 aliphatic carbocycles. The lowest BCUT2D eigenvalue weighted by atomic mass is 9.94. The van der Waals surface area contributed by atoms with Crippen LogP contribution in [-0.4, -0.2) is 4.57 Å². The van der Waals surface area contributed by atoms with Gasteiger partial charge in [0.15, 0.2) is 0 Å². The summed E-state index contributed by atoms with van der Waals surface area (Å²) in [6.45, 7) is 0. The summed E-state index contributed by atoms with van der Waals surface area (Å²) in [5.41, 5.74) is 11.2. The standard InChI is InChI=1S/C48H29NS2/c1-3-12-30(13-4-1)32-23-27-42-40(28-32)36-16-7-9-19-41(36)49(42)43-20-11-18-39-46-34(25-26-35(48(46)51-47(39)43)31-14-5-2-6-15-31)33-22-24-38-37-17-8-10-21-44(37)50-45(38)29-33/h1-29H. The van der Waals surface area contributed by atoms with Crippen LogP contribution in [0, 0.1) is 0 Å². The Morgan fingerprint density at radius 1 is 0.333 bits per heavy atom. The molecule has 8 aromatic carbocycles. The fourth-order valence-electron chi connectivity index (χ4n) is 8.08. The Morgan fingerprint density at radius 2 is 1.00 bits per heavy atom. The zero-order valence-corrected chi connectivity index (χ0v) is 29.1. The van der Waals surface area contributed by atoms with Crippen molar-refractivity contribution < 1.29 is 0 Å². The lowest BCUT2D eigenvalue weighted by Gasteiger charge is -2.11. The Kier molecular flexibility index (Phi) is 6.36. The van der Waals surface area contributed by atoms with E-state index in [2.05, 4.69) is 180 Å². The smallest absolute Gasteiger partial charge is 0.0640 e. The molecule has 0 radical (unpaired) electrons. The Bertz CT molecular complexity index is 3130. The molecule has 51 heavy (non-hydrogen) atoms. The van der Waals surface area contributed by atoms with Gasteiger partial charge in [0.25, 0.3) is 0 Å². The maximum absolute atomic E-state index is 2.49. The molecule has 0 aliphatic rings. The molecule has 11 rings (SSSR count). The second kappa shape index (κ2) is 11.3. The summed E-state index contributed by atoms with van der Waals surface area (Å²) in [5.74, 6) is 0. The molecule has 0 N–H and O–H groups in total. The van der Waals surface area contributed by atoms with Gasteiger partial charge >= 0.3 is 0 Å². The maximum Gasteiger partial charge on any atom is 0.0640 e. The quantitative estimate of drug-likeness (QED) is 0.174. The fraction of sp³-hybridized carbons (Fsp3) is 0. The highest BCUT2D eigenvalue weighted by molar-refractivity contribution is 7.27. The van der Waals surface area contributed by atoms with Crippen molar-refractivity contribution in [3.05, 3.63) is 176 Å². The van der Waals surface area contributed by atoms with Crippen molar-refractivity contribution in [2.45, 2.75) is 0 Å². The Hall–Kier alpha value is -6.00. The average Bonchev–Trinajstić information content (AvgIpc) is 3.88. The van der Waals surface area contributed by atoms with Crippen molar-refractivity contribution >= 4 is 84.8 Å². The van der Waals surface area contributed by atoms with E-state index in [0.29, 0.717) is 0 Å². The van der Waals surface area contributed by atoms with Gasteiger partial charge in [-0.25, -0.2) is 0 Å².